The van der Waals surface area contributed by atoms with Crippen molar-refractivity contribution in [3.63, 3.8) is 0 Å². The largest absolute Gasteiger partial charge is 0.490 e. The number of halogens is 1. The second-order valence-electron chi connectivity index (χ2n) is 14.9. The lowest BCUT2D eigenvalue weighted by Gasteiger charge is -2.35. The number of amides is 3. The molecule has 5 aromatic carbocycles. The van der Waals surface area contributed by atoms with E-state index < -0.39 is 35.8 Å². The first-order valence-corrected chi connectivity index (χ1v) is 20.7. The van der Waals surface area contributed by atoms with E-state index >= 15 is 0 Å². The van der Waals surface area contributed by atoms with Crippen molar-refractivity contribution < 1.29 is 38.4 Å². The number of fused-ring (bicyclic) bond motifs is 4. The Balaban J connectivity index is 1.21. The van der Waals surface area contributed by atoms with Crippen LogP contribution in [0, 0.1) is 0 Å². The number of hydrogen-bond donors (Lipinski definition) is 2. The molecule has 2 atom stereocenters. The predicted molar refractivity (Wildman–Crippen MR) is 232 cm³/mol. The highest BCUT2D eigenvalue weighted by molar-refractivity contribution is 9.10. The third-order valence-corrected chi connectivity index (χ3v) is 11.1. The minimum Gasteiger partial charge on any atom is -0.490 e. The van der Waals surface area contributed by atoms with Crippen molar-refractivity contribution in [2.75, 3.05) is 31.7 Å². The fourth-order valence-corrected chi connectivity index (χ4v) is 7.78. The summed E-state index contributed by atoms with van der Waals surface area (Å²) in [5, 5.41) is 15.4. The van der Waals surface area contributed by atoms with Crippen LogP contribution in [0.5, 0.6) is 5.75 Å². The summed E-state index contributed by atoms with van der Waals surface area (Å²) in [5.74, 6) is 0.104. The Morgan fingerprint density at radius 1 is 0.850 bits per heavy atom. The maximum Gasteiger partial charge on any atom is 0.414 e. The van der Waals surface area contributed by atoms with Crippen LogP contribution in [-0.2, 0) is 46.0 Å². The van der Waals surface area contributed by atoms with Crippen LogP contribution in [0.1, 0.15) is 51.0 Å². The highest BCUT2D eigenvalue weighted by Gasteiger charge is 2.53. The highest BCUT2D eigenvalue weighted by Crippen LogP contribution is 2.52. The number of rotatable bonds is 11. The van der Waals surface area contributed by atoms with Crippen LogP contribution in [0.15, 0.2) is 144 Å². The molecule has 310 valence electrons. The van der Waals surface area contributed by atoms with E-state index in [4.69, 9.17) is 18.9 Å². The first-order chi connectivity index (χ1) is 29.2. The summed E-state index contributed by atoms with van der Waals surface area (Å²) < 4.78 is 24.1. The van der Waals surface area contributed by atoms with Gasteiger partial charge in [0.2, 0.25) is 0 Å². The van der Waals surface area contributed by atoms with Gasteiger partial charge in [0.25, 0.3) is 5.91 Å². The Hall–Kier alpha value is -5.95. The van der Waals surface area contributed by atoms with Crippen molar-refractivity contribution >= 4 is 39.7 Å². The smallest absolute Gasteiger partial charge is 0.414 e. The monoisotopic (exact) mass is 873 g/mol. The maximum atomic E-state index is 14.5. The summed E-state index contributed by atoms with van der Waals surface area (Å²) >= 11 is 3.59. The lowest BCUT2D eigenvalue weighted by Crippen LogP contribution is -2.53. The molecule has 11 nitrogen and oxygen atoms in total. The molecule has 1 aliphatic heterocycles. The molecule has 1 aliphatic carbocycles. The number of nitrogens with one attached hydrogen (secondary N) is 1. The molecule has 1 fully saturated rings. The van der Waals surface area contributed by atoms with E-state index in [1.807, 2.05) is 121 Å². The topological polar surface area (TPSA) is 127 Å². The van der Waals surface area contributed by atoms with Gasteiger partial charge in [-0.15, -0.1) is 0 Å². The van der Waals surface area contributed by atoms with Crippen molar-refractivity contribution in [2.45, 2.75) is 56.8 Å². The number of carbonyl (C=O) groups excluding carboxylic acids is 3. The zero-order valence-corrected chi connectivity index (χ0v) is 35.0. The van der Waals surface area contributed by atoms with E-state index in [9.17, 15) is 19.5 Å². The standard InChI is InChI=1S/C48H48BrN3O8/c1-57-31-37-24-38-28-41(25-37)51(46(55)59-32-34-12-4-2-5-13-34)22-8-9-23-58-42-19-10-16-36(26-42)27-43(50-45(38)54)44(53)30-52(47(56)60-33-35-14-6-3-7-15-35)48(20-21-48)39-17-11-18-40(49)29-39/h2-19,24-26,28-29,43-44,53H,20-23,27,30-33H2,1H3,(H,50,54)/t43-,44+/m0/s1. The Morgan fingerprint density at radius 3 is 2.27 bits per heavy atom. The summed E-state index contributed by atoms with van der Waals surface area (Å²) in [6, 6.07) is 38.3. The first-order valence-electron chi connectivity index (χ1n) is 19.9. The first kappa shape index (κ1) is 42.2. The fraction of sp³-hybridized carbons (Fsp3) is 0.271. The van der Waals surface area contributed by atoms with Crippen LogP contribution in [0.25, 0.3) is 0 Å². The number of methoxy groups -OCH3 is 1. The molecule has 7 rings (SSSR count). The molecular formula is C48H48BrN3O8. The molecule has 1 saturated carbocycles. The third kappa shape index (κ3) is 10.8. The molecule has 0 unspecified atom stereocenters. The molecule has 2 aliphatic rings. The molecule has 0 aromatic heterocycles. The number of aliphatic hydroxyl groups is 1. The molecule has 3 amide bonds. The van der Waals surface area contributed by atoms with Gasteiger partial charge in [-0.2, -0.15) is 0 Å². The van der Waals surface area contributed by atoms with Gasteiger partial charge in [0.15, 0.2) is 0 Å². The number of benzene rings is 5. The summed E-state index contributed by atoms with van der Waals surface area (Å²) in [6.45, 7) is 0.505. The average molecular weight is 875 g/mol. The Kier molecular flexibility index (Phi) is 14.0. The van der Waals surface area contributed by atoms with Gasteiger partial charge in [0.05, 0.1) is 30.8 Å². The van der Waals surface area contributed by atoms with Gasteiger partial charge in [-0.05, 0) is 95.6 Å². The minimum absolute atomic E-state index is 0.0555. The van der Waals surface area contributed by atoms with Crippen LogP contribution in [0.4, 0.5) is 15.3 Å². The van der Waals surface area contributed by atoms with Gasteiger partial charge in [-0.25, -0.2) is 9.59 Å². The SMILES string of the molecule is COCc1cc2cc(c1)N(C(=O)OCc1ccccc1)CC=CCOc1cccc(c1)C[C@@H]([C@H](O)CN(C(=O)OCc1ccccc1)C1(c3cccc(Br)c3)CC1)NC2=O. The van der Waals surface area contributed by atoms with Crippen molar-refractivity contribution in [1.29, 1.82) is 0 Å². The number of carbonyl (C=O) groups is 3. The van der Waals surface area contributed by atoms with Gasteiger partial charge in [-0.1, -0.05) is 107 Å². The van der Waals surface area contributed by atoms with Crippen molar-refractivity contribution in [2.24, 2.45) is 0 Å². The van der Waals surface area contributed by atoms with Crippen LogP contribution in [-0.4, -0.2) is 67.1 Å². The lowest BCUT2D eigenvalue weighted by molar-refractivity contribution is 0.0319. The molecule has 0 radical (unpaired) electrons. The molecule has 0 spiro atoms. The quantitative estimate of drug-likeness (QED) is 0.126. The molecule has 12 heteroatoms. The molecular weight excluding hydrogens is 826 g/mol. The highest BCUT2D eigenvalue weighted by atomic mass is 79.9. The second-order valence-corrected chi connectivity index (χ2v) is 15.9. The van der Waals surface area contributed by atoms with Gasteiger partial charge < -0.3 is 29.4 Å². The molecule has 5 aromatic rings. The van der Waals surface area contributed by atoms with Crippen LogP contribution < -0.4 is 15.0 Å². The number of aliphatic hydroxyl groups excluding tert-OH is 1. The Bertz CT molecular complexity index is 2280. The maximum absolute atomic E-state index is 14.5. The summed E-state index contributed by atoms with van der Waals surface area (Å²) in [4.78, 5) is 45.4. The van der Waals surface area contributed by atoms with Gasteiger partial charge in [0.1, 0.15) is 25.6 Å². The van der Waals surface area contributed by atoms with E-state index in [2.05, 4.69) is 21.2 Å². The minimum atomic E-state index is -1.25. The number of nitrogens with zero attached hydrogens (tertiary/aromatic N) is 2. The molecule has 1 heterocycles. The molecule has 4 bridgehead atoms. The number of anilines is 1. The fourth-order valence-electron chi connectivity index (χ4n) is 7.38. The van der Waals surface area contributed by atoms with E-state index in [0.717, 1.165) is 26.7 Å². The van der Waals surface area contributed by atoms with E-state index in [0.29, 0.717) is 29.8 Å². The van der Waals surface area contributed by atoms with Crippen LogP contribution in [0.3, 0.4) is 0 Å². The van der Waals surface area contributed by atoms with Gasteiger partial charge in [0, 0.05) is 29.4 Å². The van der Waals surface area contributed by atoms with E-state index in [1.165, 1.54) is 4.90 Å². The summed E-state index contributed by atoms with van der Waals surface area (Å²) in [5.41, 5.74) is 3.98. The molecule has 60 heavy (non-hydrogen) atoms. The summed E-state index contributed by atoms with van der Waals surface area (Å²) in [6.07, 6.45) is 2.74. The van der Waals surface area contributed by atoms with Crippen molar-refractivity contribution in [3.05, 3.63) is 177 Å². The zero-order valence-electron chi connectivity index (χ0n) is 33.4. The number of hydrogen-bond acceptors (Lipinski definition) is 8. The van der Waals surface area contributed by atoms with Gasteiger partial charge in [-0.3, -0.25) is 14.6 Å². The average Bonchev–Trinajstić information content (AvgIpc) is 4.07. The normalized spacial score (nSPS) is 16.5. The zero-order chi connectivity index (χ0) is 41.9. The van der Waals surface area contributed by atoms with Crippen molar-refractivity contribution in [1.82, 2.24) is 10.2 Å². The molecule has 0 saturated heterocycles. The van der Waals surface area contributed by atoms with E-state index in [1.54, 1.807) is 30.2 Å². The van der Waals surface area contributed by atoms with Crippen molar-refractivity contribution in [3.8, 4) is 5.75 Å². The number of ether oxygens (including phenoxy) is 4. The van der Waals surface area contributed by atoms with Gasteiger partial charge >= 0.3 is 12.2 Å². The Labute approximate surface area is 358 Å². The third-order valence-electron chi connectivity index (χ3n) is 10.6. The van der Waals surface area contributed by atoms with Crippen LogP contribution in [0.2, 0.25) is 0 Å². The lowest BCUT2D eigenvalue weighted by atomic mass is 9.97. The van der Waals surface area contributed by atoms with Crippen LogP contribution >= 0.6 is 15.9 Å². The van der Waals surface area contributed by atoms with E-state index in [-0.39, 0.29) is 51.5 Å². The Morgan fingerprint density at radius 2 is 1.57 bits per heavy atom. The second kappa shape index (κ2) is 19.9. The summed E-state index contributed by atoms with van der Waals surface area (Å²) in [7, 11) is 1.55. The molecule has 2 N–H and O–H groups in total. The predicted octanol–water partition coefficient (Wildman–Crippen LogP) is 8.72.